The van der Waals surface area contributed by atoms with E-state index < -0.39 is 0 Å². The number of nitrogens with zero attached hydrogens (tertiary/aromatic N) is 3. The van der Waals surface area contributed by atoms with Crippen molar-refractivity contribution in [3.63, 3.8) is 0 Å². The van der Waals surface area contributed by atoms with E-state index in [0.717, 1.165) is 11.1 Å². The smallest absolute Gasteiger partial charge is 0.216 e. The first-order chi connectivity index (χ1) is 12.2. The van der Waals surface area contributed by atoms with E-state index in [0.29, 0.717) is 10.6 Å². The van der Waals surface area contributed by atoms with E-state index in [4.69, 9.17) is 12.2 Å². The second-order valence-electron chi connectivity index (χ2n) is 5.88. The molecule has 4 aromatic rings. The quantitative estimate of drug-likeness (QED) is 0.422. The summed E-state index contributed by atoms with van der Waals surface area (Å²) in [5, 5.41) is 14.1. The van der Waals surface area contributed by atoms with Crippen molar-refractivity contribution in [3.05, 3.63) is 82.6 Å². The summed E-state index contributed by atoms with van der Waals surface area (Å²) in [5.74, 6) is 0.696. The highest BCUT2D eigenvalue weighted by molar-refractivity contribution is 7.71. The van der Waals surface area contributed by atoms with E-state index >= 15 is 0 Å². The molecule has 0 radical (unpaired) electrons. The number of rotatable bonds is 3. The van der Waals surface area contributed by atoms with Gasteiger partial charge in [0.25, 0.3) is 0 Å². The molecule has 0 saturated heterocycles. The van der Waals surface area contributed by atoms with Gasteiger partial charge in [0.2, 0.25) is 4.77 Å². The Hall–Kier alpha value is -3.05. The van der Waals surface area contributed by atoms with Crippen molar-refractivity contribution in [2.24, 2.45) is 5.10 Å². The van der Waals surface area contributed by atoms with Crippen LogP contribution >= 0.6 is 12.2 Å². The summed E-state index contributed by atoms with van der Waals surface area (Å²) in [4.78, 5) is 0. The summed E-state index contributed by atoms with van der Waals surface area (Å²) in [6.07, 6.45) is 1.80. The molecule has 0 spiro atoms. The second-order valence-corrected chi connectivity index (χ2v) is 6.27. The van der Waals surface area contributed by atoms with Crippen molar-refractivity contribution in [3.8, 4) is 11.4 Å². The van der Waals surface area contributed by atoms with E-state index in [9.17, 15) is 0 Å². The van der Waals surface area contributed by atoms with Crippen LogP contribution in [0.3, 0.4) is 0 Å². The third kappa shape index (κ3) is 3.14. The summed E-state index contributed by atoms with van der Waals surface area (Å²) in [6.45, 7) is 2.05. The zero-order chi connectivity index (χ0) is 17.2. The summed E-state index contributed by atoms with van der Waals surface area (Å²) in [6, 6.07) is 22.6. The minimum atomic E-state index is 0.465. The standard InChI is InChI=1S/C20H16N4S/c1-14-6-9-17(10-7-14)19-22-23-20(25)24(19)21-13-15-8-11-16-4-2-3-5-18(16)12-15/h2-13H,1H3,(H,23,25)/b21-13+. The van der Waals surface area contributed by atoms with Crippen LogP contribution in [0.4, 0.5) is 0 Å². The van der Waals surface area contributed by atoms with E-state index in [-0.39, 0.29) is 0 Å². The van der Waals surface area contributed by atoms with Crippen LogP contribution in [0.5, 0.6) is 0 Å². The summed E-state index contributed by atoms with van der Waals surface area (Å²) < 4.78 is 2.11. The van der Waals surface area contributed by atoms with E-state index in [1.807, 2.05) is 42.5 Å². The predicted molar refractivity (Wildman–Crippen MR) is 105 cm³/mol. The van der Waals surface area contributed by atoms with Gasteiger partial charge >= 0.3 is 0 Å². The molecular weight excluding hydrogens is 328 g/mol. The minimum absolute atomic E-state index is 0.465. The van der Waals surface area contributed by atoms with E-state index in [1.54, 1.807) is 10.9 Å². The lowest BCUT2D eigenvalue weighted by molar-refractivity contribution is 0.871. The number of fused-ring (bicyclic) bond motifs is 1. The van der Waals surface area contributed by atoms with Crippen LogP contribution in [-0.4, -0.2) is 21.1 Å². The Balaban J connectivity index is 1.72. The first-order valence-electron chi connectivity index (χ1n) is 7.98. The first kappa shape index (κ1) is 15.5. The topological polar surface area (TPSA) is 46.0 Å². The molecule has 0 aliphatic carbocycles. The molecule has 1 N–H and O–H groups in total. The van der Waals surface area contributed by atoms with Crippen molar-refractivity contribution in [1.29, 1.82) is 0 Å². The minimum Gasteiger partial charge on any atom is -0.250 e. The van der Waals surface area contributed by atoms with Crippen LogP contribution < -0.4 is 0 Å². The fourth-order valence-electron chi connectivity index (χ4n) is 2.70. The molecule has 0 amide bonds. The fraction of sp³-hybridized carbons (Fsp3) is 0.0500. The Morgan fingerprint density at radius 2 is 1.76 bits per heavy atom. The molecular formula is C20H16N4S. The van der Waals surface area contributed by atoms with Crippen LogP contribution in [0.1, 0.15) is 11.1 Å². The molecule has 5 heteroatoms. The number of nitrogens with one attached hydrogen (secondary N) is 1. The number of aromatic amines is 1. The number of hydrogen-bond acceptors (Lipinski definition) is 3. The monoisotopic (exact) mass is 344 g/mol. The Bertz CT molecular complexity index is 1120. The van der Waals surface area contributed by atoms with Gasteiger partial charge in [0, 0.05) is 5.56 Å². The number of hydrogen-bond donors (Lipinski definition) is 1. The van der Waals surface area contributed by atoms with Crippen LogP contribution in [0.25, 0.3) is 22.2 Å². The van der Waals surface area contributed by atoms with Gasteiger partial charge in [-0.15, -0.1) is 0 Å². The van der Waals surface area contributed by atoms with Gasteiger partial charge in [-0.3, -0.25) is 0 Å². The Morgan fingerprint density at radius 3 is 2.56 bits per heavy atom. The first-order valence-corrected chi connectivity index (χ1v) is 8.39. The van der Waals surface area contributed by atoms with E-state index in [1.165, 1.54) is 16.3 Å². The van der Waals surface area contributed by atoms with Crippen molar-refractivity contribution in [1.82, 2.24) is 14.9 Å². The molecule has 0 saturated carbocycles. The largest absolute Gasteiger partial charge is 0.250 e. The van der Waals surface area contributed by atoms with Crippen LogP contribution in [0.15, 0.2) is 71.8 Å². The molecule has 0 unspecified atom stereocenters. The van der Waals surface area contributed by atoms with Crippen LogP contribution in [0.2, 0.25) is 0 Å². The van der Waals surface area contributed by atoms with Gasteiger partial charge in [0.1, 0.15) is 0 Å². The van der Waals surface area contributed by atoms with Crippen molar-refractivity contribution >= 4 is 29.2 Å². The Morgan fingerprint density at radius 1 is 1.00 bits per heavy atom. The lowest BCUT2D eigenvalue weighted by atomic mass is 10.1. The van der Waals surface area contributed by atoms with Gasteiger partial charge in [-0.1, -0.05) is 66.2 Å². The number of aryl methyl sites for hydroxylation is 1. The highest BCUT2D eigenvalue weighted by Crippen LogP contribution is 2.18. The normalized spacial score (nSPS) is 11.4. The maximum atomic E-state index is 5.32. The van der Waals surface area contributed by atoms with Gasteiger partial charge in [0.05, 0.1) is 6.21 Å². The number of aromatic nitrogens is 3. The fourth-order valence-corrected chi connectivity index (χ4v) is 2.88. The average molecular weight is 344 g/mol. The third-order valence-electron chi connectivity index (χ3n) is 4.06. The molecule has 25 heavy (non-hydrogen) atoms. The van der Waals surface area contributed by atoms with Gasteiger partial charge in [-0.2, -0.15) is 14.9 Å². The zero-order valence-electron chi connectivity index (χ0n) is 13.7. The Kier molecular flexibility index (Phi) is 3.99. The molecule has 0 aliphatic rings. The van der Waals surface area contributed by atoms with Crippen LogP contribution in [0, 0.1) is 11.7 Å². The molecule has 4 rings (SSSR count). The molecule has 3 aromatic carbocycles. The highest BCUT2D eigenvalue weighted by atomic mass is 32.1. The molecule has 1 heterocycles. The summed E-state index contributed by atoms with van der Waals surface area (Å²) >= 11 is 5.32. The lowest BCUT2D eigenvalue weighted by Crippen LogP contribution is -1.95. The lowest BCUT2D eigenvalue weighted by Gasteiger charge is -2.02. The maximum absolute atomic E-state index is 5.32. The number of H-pyrrole nitrogens is 1. The Labute approximate surface area is 150 Å². The van der Waals surface area contributed by atoms with Gasteiger partial charge in [-0.25, -0.2) is 5.10 Å². The highest BCUT2D eigenvalue weighted by Gasteiger charge is 2.07. The molecule has 0 aliphatic heterocycles. The number of benzene rings is 3. The summed E-state index contributed by atoms with van der Waals surface area (Å²) in [7, 11) is 0. The third-order valence-corrected chi connectivity index (χ3v) is 4.32. The SMILES string of the molecule is Cc1ccc(-c2n[nH]c(=S)n2/N=C/c2ccc3ccccc3c2)cc1. The van der Waals surface area contributed by atoms with Crippen LogP contribution in [-0.2, 0) is 0 Å². The molecule has 0 bridgehead atoms. The maximum Gasteiger partial charge on any atom is 0.216 e. The molecule has 122 valence electrons. The second kappa shape index (κ2) is 6.45. The van der Waals surface area contributed by atoms with Gasteiger partial charge in [-0.05, 0) is 41.5 Å². The van der Waals surface area contributed by atoms with Gasteiger partial charge in [0.15, 0.2) is 5.82 Å². The molecule has 4 nitrogen and oxygen atoms in total. The molecule has 0 atom stereocenters. The van der Waals surface area contributed by atoms with E-state index in [2.05, 4.69) is 46.5 Å². The van der Waals surface area contributed by atoms with Crippen molar-refractivity contribution in [2.75, 3.05) is 0 Å². The zero-order valence-corrected chi connectivity index (χ0v) is 14.5. The van der Waals surface area contributed by atoms with Crippen molar-refractivity contribution in [2.45, 2.75) is 6.92 Å². The average Bonchev–Trinajstić information content (AvgIpc) is 3.01. The van der Waals surface area contributed by atoms with Crippen molar-refractivity contribution < 1.29 is 0 Å². The molecule has 1 aromatic heterocycles. The predicted octanol–water partition coefficient (Wildman–Crippen LogP) is 4.95. The molecule has 0 fully saturated rings. The van der Waals surface area contributed by atoms with Gasteiger partial charge < -0.3 is 0 Å². The summed E-state index contributed by atoms with van der Waals surface area (Å²) in [5.41, 5.74) is 3.18.